The number of benzene rings is 1. The number of ether oxygens (including phenoxy) is 1. The third-order valence-electron chi connectivity index (χ3n) is 3.04. The third-order valence-corrected chi connectivity index (χ3v) is 3.92. The molecule has 0 spiro atoms. The van der Waals surface area contributed by atoms with Crippen molar-refractivity contribution in [3.63, 3.8) is 0 Å². The molecule has 0 fully saturated rings. The molecule has 1 aromatic rings. The fourth-order valence-corrected chi connectivity index (χ4v) is 2.33. The molecule has 0 aliphatic heterocycles. The van der Waals surface area contributed by atoms with E-state index in [2.05, 4.69) is 0 Å². The maximum Gasteiger partial charge on any atom is 0.306 e. The Bertz CT molecular complexity index is 501. The van der Waals surface area contributed by atoms with E-state index in [1.54, 1.807) is 25.1 Å². The highest BCUT2D eigenvalue weighted by atomic mass is 35.5. The van der Waals surface area contributed by atoms with Gasteiger partial charge in [0, 0.05) is 20.8 Å². The fraction of sp³-hybridized carbons (Fsp3) is 0.438. The average molecular weight is 350 g/mol. The van der Waals surface area contributed by atoms with Crippen LogP contribution in [-0.4, -0.2) is 17.5 Å². The number of hydrogen-bond donors (Lipinski definition) is 0. The van der Waals surface area contributed by atoms with Gasteiger partial charge in [-0.15, -0.1) is 11.6 Å². The molecule has 116 valence electrons. The van der Waals surface area contributed by atoms with Crippen molar-refractivity contribution in [1.82, 2.24) is 0 Å². The Labute approximate surface area is 141 Å². The van der Waals surface area contributed by atoms with E-state index in [4.69, 9.17) is 39.5 Å². The van der Waals surface area contributed by atoms with Gasteiger partial charge in [-0.05, 0) is 38.5 Å². The van der Waals surface area contributed by atoms with E-state index in [1.165, 1.54) is 0 Å². The van der Waals surface area contributed by atoms with Gasteiger partial charge in [0.1, 0.15) is 0 Å². The summed E-state index contributed by atoms with van der Waals surface area (Å²) in [6, 6.07) is 7.17. The molecule has 0 N–H and O–H groups in total. The highest BCUT2D eigenvalue weighted by molar-refractivity contribution is 6.48. The second-order valence-electron chi connectivity index (χ2n) is 5.20. The molecular weight excluding hydrogens is 331 g/mol. The monoisotopic (exact) mass is 348 g/mol. The zero-order chi connectivity index (χ0) is 16.0. The van der Waals surface area contributed by atoms with Gasteiger partial charge in [-0.25, -0.2) is 0 Å². The second kappa shape index (κ2) is 8.07. The van der Waals surface area contributed by atoms with E-state index < -0.39 is 4.87 Å². The first-order chi connectivity index (χ1) is 9.74. The number of alkyl halides is 1. The Morgan fingerprint density at radius 3 is 2.38 bits per heavy atom. The van der Waals surface area contributed by atoms with Gasteiger partial charge in [-0.2, -0.15) is 0 Å². The Hall–Kier alpha value is -0.700. The lowest BCUT2D eigenvalue weighted by molar-refractivity contribution is -0.144. The molecule has 0 aliphatic rings. The minimum atomic E-state index is -0.612. The minimum Gasteiger partial charge on any atom is -0.466 e. The summed E-state index contributed by atoms with van der Waals surface area (Å²) in [5.41, 5.74) is 0.829. The van der Waals surface area contributed by atoms with Crippen molar-refractivity contribution in [3.8, 4) is 0 Å². The van der Waals surface area contributed by atoms with Crippen molar-refractivity contribution in [2.24, 2.45) is 5.92 Å². The zero-order valence-corrected chi connectivity index (χ0v) is 14.6. The van der Waals surface area contributed by atoms with Crippen LogP contribution in [0.1, 0.15) is 32.8 Å². The Morgan fingerprint density at radius 1 is 1.33 bits per heavy atom. The van der Waals surface area contributed by atoms with Gasteiger partial charge in [-0.1, -0.05) is 41.4 Å². The summed E-state index contributed by atoms with van der Waals surface area (Å²) >= 11 is 18.5. The lowest BCUT2D eigenvalue weighted by Crippen LogP contribution is -2.26. The molecule has 2 nitrogen and oxygen atoms in total. The average Bonchev–Trinajstić information content (AvgIpc) is 2.37. The molecule has 0 saturated heterocycles. The predicted octanol–water partition coefficient (Wildman–Crippen LogP) is 5.51. The number of esters is 1. The van der Waals surface area contributed by atoms with Gasteiger partial charge in [-0.3, -0.25) is 4.79 Å². The Kier molecular flexibility index (Phi) is 7.05. The van der Waals surface area contributed by atoms with Crippen molar-refractivity contribution < 1.29 is 9.53 Å². The van der Waals surface area contributed by atoms with Crippen molar-refractivity contribution in [2.75, 3.05) is 6.61 Å². The molecule has 0 bridgehead atoms. The van der Waals surface area contributed by atoms with Crippen molar-refractivity contribution in [1.29, 1.82) is 0 Å². The quantitative estimate of drug-likeness (QED) is 0.500. The van der Waals surface area contributed by atoms with Crippen LogP contribution in [-0.2, 0) is 9.53 Å². The summed E-state index contributed by atoms with van der Waals surface area (Å²) in [4.78, 5) is 11.1. The topological polar surface area (TPSA) is 26.3 Å². The third kappa shape index (κ3) is 6.29. The summed E-state index contributed by atoms with van der Waals surface area (Å²) < 4.78 is 4.98. The molecule has 0 heterocycles. The molecule has 0 saturated carbocycles. The summed E-state index contributed by atoms with van der Waals surface area (Å²) in [7, 11) is 0. The highest BCUT2D eigenvalue weighted by Gasteiger charge is 2.28. The van der Waals surface area contributed by atoms with Crippen LogP contribution in [0.2, 0.25) is 5.02 Å². The molecule has 1 rings (SSSR count). The van der Waals surface area contributed by atoms with Crippen LogP contribution in [0.15, 0.2) is 30.3 Å². The SMILES string of the molecule is CCOC(=O)CC(C=C(Cl)c1ccc(Cl)cc1)C(C)(C)Cl. The van der Waals surface area contributed by atoms with Crippen molar-refractivity contribution >= 4 is 45.8 Å². The molecule has 0 aromatic heterocycles. The van der Waals surface area contributed by atoms with Gasteiger partial charge in [0.15, 0.2) is 0 Å². The number of carbonyl (C=O) groups is 1. The largest absolute Gasteiger partial charge is 0.466 e. The second-order valence-corrected chi connectivity index (χ2v) is 7.02. The molecule has 21 heavy (non-hydrogen) atoms. The first-order valence-corrected chi connectivity index (χ1v) is 7.85. The predicted molar refractivity (Wildman–Crippen MR) is 90.0 cm³/mol. The lowest BCUT2D eigenvalue weighted by atomic mass is 9.90. The van der Waals surface area contributed by atoms with Gasteiger partial charge < -0.3 is 4.74 Å². The molecule has 0 amide bonds. The van der Waals surface area contributed by atoms with Crippen LogP contribution in [0.3, 0.4) is 0 Å². The molecule has 5 heteroatoms. The summed E-state index contributed by atoms with van der Waals surface area (Å²) in [6.45, 7) is 5.82. The molecule has 1 aromatic carbocycles. The van der Waals surface area contributed by atoms with E-state index in [9.17, 15) is 4.79 Å². The summed E-state index contributed by atoms with van der Waals surface area (Å²) in [6.07, 6.45) is 1.99. The first-order valence-electron chi connectivity index (χ1n) is 6.71. The van der Waals surface area contributed by atoms with Crippen molar-refractivity contribution in [2.45, 2.75) is 32.1 Å². The first kappa shape index (κ1) is 18.3. The van der Waals surface area contributed by atoms with E-state index in [1.807, 2.05) is 26.0 Å². The number of allylic oxidation sites excluding steroid dienone is 1. The summed E-state index contributed by atoms with van der Waals surface area (Å²) in [5.74, 6) is -0.519. The molecular formula is C16H19Cl3O2. The standard InChI is InChI=1S/C16H19Cl3O2/c1-4-21-15(20)10-12(16(2,3)19)9-14(18)11-5-7-13(17)8-6-11/h5-9,12H,4,10H2,1-3H3. The maximum atomic E-state index is 11.7. The smallest absolute Gasteiger partial charge is 0.306 e. The van der Waals surface area contributed by atoms with Gasteiger partial charge >= 0.3 is 5.97 Å². The van der Waals surface area contributed by atoms with Crippen LogP contribution in [0.4, 0.5) is 0 Å². The Balaban J connectivity index is 2.96. The minimum absolute atomic E-state index is 0.189. The van der Waals surface area contributed by atoms with Crippen LogP contribution in [0.5, 0.6) is 0 Å². The number of hydrogen-bond acceptors (Lipinski definition) is 2. The normalized spacial score (nSPS) is 13.9. The van der Waals surface area contributed by atoms with E-state index in [0.29, 0.717) is 16.7 Å². The van der Waals surface area contributed by atoms with Gasteiger partial charge in [0.25, 0.3) is 0 Å². The number of rotatable bonds is 6. The lowest BCUT2D eigenvalue weighted by Gasteiger charge is -2.25. The zero-order valence-electron chi connectivity index (χ0n) is 12.3. The van der Waals surface area contributed by atoms with Crippen LogP contribution in [0.25, 0.3) is 5.03 Å². The van der Waals surface area contributed by atoms with Crippen LogP contribution in [0, 0.1) is 5.92 Å². The summed E-state index contributed by atoms with van der Waals surface area (Å²) in [5, 5.41) is 1.18. The van der Waals surface area contributed by atoms with E-state index in [-0.39, 0.29) is 18.3 Å². The fourth-order valence-electron chi connectivity index (χ4n) is 1.78. The maximum absolute atomic E-state index is 11.7. The Morgan fingerprint density at radius 2 is 1.90 bits per heavy atom. The van der Waals surface area contributed by atoms with E-state index >= 15 is 0 Å². The molecule has 0 radical (unpaired) electrons. The van der Waals surface area contributed by atoms with E-state index in [0.717, 1.165) is 5.56 Å². The van der Waals surface area contributed by atoms with Crippen LogP contribution >= 0.6 is 34.8 Å². The molecule has 0 aliphatic carbocycles. The van der Waals surface area contributed by atoms with Gasteiger partial charge in [0.05, 0.1) is 13.0 Å². The number of carbonyl (C=O) groups excluding carboxylic acids is 1. The molecule has 1 atom stereocenters. The van der Waals surface area contributed by atoms with Crippen molar-refractivity contribution in [3.05, 3.63) is 40.9 Å². The number of halogens is 3. The highest BCUT2D eigenvalue weighted by Crippen LogP contribution is 2.33. The molecule has 1 unspecified atom stereocenters. The van der Waals surface area contributed by atoms with Crippen LogP contribution < -0.4 is 0 Å². The van der Waals surface area contributed by atoms with Gasteiger partial charge in [0.2, 0.25) is 0 Å².